The molecule has 1 aliphatic rings. The molecule has 1 fully saturated rings. The van der Waals surface area contributed by atoms with Crippen molar-refractivity contribution < 1.29 is 38.5 Å². The molecule has 0 radical (unpaired) electrons. The lowest BCUT2D eigenvalue weighted by Crippen LogP contribution is -2.53. The van der Waals surface area contributed by atoms with Gasteiger partial charge in [-0.25, -0.2) is 9.59 Å². The number of alkyl carbamates (subject to hydrolysis) is 1. The Morgan fingerprint density at radius 1 is 0.775 bits per heavy atom. The third kappa shape index (κ3) is 17.3. The highest BCUT2D eigenvalue weighted by Gasteiger charge is 2.27. The largest absolute Gasteiger partial charge is 0.480 e. The standard InChI is InChI=1S/C27H51N5O8/c1-20(2)38-22(33)18-30-11-9-28-10-12-31(19-23(34)39-26(3,4)5)14-16-32(15-13-30)17-21(24(35)36)29-25(37)40-27(6,7)8/h20-21,28H,9-19H2,1-8H3,(H,29,37)(H,35,36)/t21-/m1/s1. The summed E-state index contributed by atoms with van der Waals surface area (Å²) in [5.74, 6) is -1.85. The lowest BCUT2D eigenvalue weighted by molar-refractivity contribution is -0.156. The van der Waals surface area contributed by atoms with Crippen LogP contribution in [0, 0.1) is 0 Å². The maximum atomic E-state index is 12.5. The zero-order chi connectivity index (χ0) is 30.5. The highest BCUT2D eigenvalue weighted by Crippen LogP contribution is 2.09. The van der Waals surface area contributed by atoms with Crippen LogP contribution in [0.4, 0.5) is 4.79 Å². The molecule has 1 amide bonds. The number of nitrogens with zero attached hydrogens (tertiary/aromatic N) is 3. The first-order chi connectivity index (χ1) is 18.4. The van der Waals surface area contributed by atoms with Gasteiger partial charge in [-0.3, -0.25) is 24.3 Å². The van der Waals surface area contributed by atoms with Crippen LogP contribution in [0.1, 0.15) is 55.4 Å². The van der Waals surface area contributed by atoms with Crippen molar-refractivity contribution in [2.75, 3.05) is 72.0 Å². The average molecular weight is 574 g/mol. The van der Waals surface area contributed by atoms with E-state index in [4.69, 9.17) is 14.2 Å². The Morgan fingerprint density at radius 2 is 1.25 bits per heavy atom. The van der Waals surface area contributed by atoms with Crippen molar-refractivity contribution in [3.8, 4) is 0 Å². The maximum absolute atomic E-state index is 12.5. The second-order valence-corrected chi connectivity index (χ2v) is 12.3. The Hall–Kier alpha value is -2.48. The molecule has 1 atom stereocenters. The van der Waals surface area contributed by atoms with Gasteiger partial charge in [-0.15, -0.1) is 0 Å². The molecule has 232 valence electrons. The van der Waals surface area contributed by atoms with Crippen molar-refractivity contribution in [1.29, 1.82) is 0 Å². The van der Waals surface area contributed by atoms with Crippen LogP contribution in [0.3, 0.4) is 0 Å². The van der Waals surface area contributed by atoms with E-state index in [9.17, 15) is 24.3 Å². The van der Waals surface area contributed by atoms with Crippen molar-refractivity contribution in [3.63, 3.8) is 0 Å². The van der Waals surface area contributed by atoms with Crippen molar-refractivity contribution >= 4 is 24.0 Å². The first-order valence-electron chi connectivity index (χ1n) is 13.9. The van der Waals surface area contributed by atoms with Gasteiger partial charge in [0.25, 0.3) is 0 Å². The molecule has 1 aliphatic heterocycles. The van der Waals surface area contributed by atoms with Gasteiger partial charge in [0, 0.05) is 58.9 Å². The number of hydrogen-bond acceptors (Lipinski definition) is 11. The average Bonchev–Trinajstić information content (AvgIpc) is 2.74. The fourth-order valence-corrected chi connectivity index (χ4v) is 3.93. The van der Waals surface area contributed by atoms with Gasteiger partial charge in [0.05, 0.1) is 19.2 Å². The molecule has 0 aromatic carbocycles. The Morgan fingerprint density at radius 3 is 1.70 bits per heavy atom. The first kappa shape index (κ1) is 35.5. The molecular formula is C27H51N5O8. The summed E-state index contributed by atoms with van der Waals surface area (Å²) in [7, 11) is 0. The maximum Gasteiger partial charge on any atom is 0.408 e. The number of esters is 2. The van der Waals surface area contributed by atoms with Crippen LogP contribution >= 0.6 is 0 Å². The lowest BCUT2D eigenvalue weighted by atomic mass is 10.2. The highest BCUT2D eigenvalue weighted by atomic mass is 16.6. The second-order valence-electron chi connectivity index (χ2n) is 12.3. The van der Waals surface area contributed by atoms with E-state index >= 15 is 0 Å². The predicted octanol–water partition coefficient (Wildman–Crippen LogP) is 0.767. The number of nitrogens with one attached hydrogen (secondary N) is 2. The number of carbonyl (C=O) groups excluding carboxylic acids is 3. The third-order valence-corrected chi connectivity index (χ3v) is 5.60. The quantitative estimate of drug-likeness (QED) is 0.264. The SMILES string of the molecule is CC(C)OC(=O)CN1CCNCCN(CC(=O)OC(C)(C)C)CCN(C[C@@H](NC(=O)OC(C)(C)C)C(=O)O)CC1. The van der Waals surface area contributed by atoms with Gasteiger partial charge in [-0.1, -0.05) is 0 Å². The lowest BCUT2D eigenvalue weighted by Gasteiger charge is -2.33. The van der Waals surface area contributed by atoms with Crippen LogP contribution in [0.15, 0.2) is 0 Å². The van der Waals surface area contributed by atoms with Gasteiger partial charge in [-0.05, 0) is 55.4 Å². The Labute approximate surface area is 238 Å². The van der Waals surface area contributed by atoms with Gasteiger partial charge < -0.3 is 30.0 Å². The van der Waals surface area contributed by atoms with Gasteiger partial charge in [0.1, 0.15) is 17.2 Å². The molecule has 3 N–H and O–H groups in total. The van der Waals surface area contributed by atoms with Gasteiger partial charge in [-0.2, -0.15) is 0 Å². The van der Waals surface area contributed by atoms with E-state index in [1.54, 1.807) is 34.6 Å². The number of amides is 1. The minimum atomic E-state index is -1.22. The van der Waals surface area contributed by atoms with E-state index in [0.29, 0.717) is 52.4 Å². The summed E-state index contributed by atoms with van der Waals surface area (Å²) >= 11 is 0. The minimum Gasteiger partial charge on any atom is -0.480 e. The van der Waals surface area contributed by atoms with Gasteiger partial charge >= 0.3 is 24.0 Å². The van der Waals surface area contributed by atoms with Crippen molar-refractivity contribution in [2.45, 2.75) is 78.7 Å². The summed E-state index contributed by atoms with van der Waals surface area (Å²) in [5.41, 5.74) is -1.38. The third-order valence-electron chi connectivity index (χ3n) is 5.60. The van der Waals surface area contributed by atoms with Gasteiger partial charge in [0.15, 0.2) is 0 Å². The number of ether oxygens (including phenoxy) is 3. The number of carboxylic acids is 1. The summed E-state index contributed by atoms with van der Waals surface area (Å²) in [4.78, 5) is 55.1. The van der Waals surface area contributed by atoms with Crippen molar-refractivity contribution in [2.24, 2.45) is 0 Å². The number of hydrogen-bond donors (Lipinski definition) is 3. The molecule has 0 aromatic heterocycles. The summed E-state index contributed by atoms with van der Waals surface area (Å²) in [6, 6.07) is -1.22. The monoisotopic (exact) mass is 573 g/mol. The zero-order valence-corrected chi connectivity index (χ0v) is 25.6. The van der Waals surface area contributed by atoms with E-state index in [2.05, 4.69) is 10.6 Å². The second kappa shape index (κ2) is 16.7. The van der Waals surface area contributed by atoms with E-state index in [0.717, 1.165) is 0 Å². The summed E-state index contributed by atoms with van der Waals surface area (Å²) in [6.07, 6.45) is -1.04. The Balaban J connectivity index is 3.04. The molecule has 13 heteroatoms. The molecule has 0 aliphatic carbocycles. The van der Waals surface area contributed by atoms with Crippen LogP contribution < -0.4 is 10.6 Å². The predicted molar refractivity (Wildman–Crippen MR) is 150 cm³/mol. The molecule has 1 rings (SSSR count). The molecular weight excluding hydrogens is 522 g/mol. The first-order valence-corrected chi connectivity index (χ1v) is 13.9. The van der Waals surface area contributed by atoms with Crippen LogP contribution in [0.5, 0.6) is 0 Å². The van der Waals surface area contributed by atoms with E-state index in [-0.39, 0.29) is 37.7 Å². The molecule has 0 aromatic rings. The minimum absolute atomic E-state index is 0.0113. The van der Waals surface area contributed by atoms with Crippen molar-refractivity contribution in [3.05, 3.63) is 0 Å². The summed E-state index contributed by atoms with van der Waals surface area (Å²) in [6.45, 7) is 18.5. The molecule has 13 nitrogen and oxygen atoms in total. The molecule has 0 saturated carbocycles. The van der Waals surface area contributed by atoms with E-state index < -0.39 is 29.3 Å². The molecule has 40 heavy (non-hydrogen) atoms. The van der Waals surface area contributed by atoms with Crippen molar-refractivity contribution in [1.82, 2.24) is 25.3 Å². The zero-order valence-electron chi connectivity index (χ0n) is 25.6. The number of carboxylic acid groups (broad SMARTS) is 1. The number of rotatable bonds is 9. The number of aliphatic carboxylic acids is 1. The van der Waals surface area contributed by atoms with Gasteiger partial charge in [0.2, 0.25) is 0 Å². The van der Waals surface area contributed by atoms with Crippen LogP contribution in [0.25, 0.3) is 0 Å². The Bertz CT molecular complexity index is 825. The van der Waals surface area contributed by atoms with Crippen LogP contribution in [-0.4, -0.2) is 139 Å². The molecule has 1 saturated heterocycles. The highest BCUT2D eigenvalue weighted by molar-refractivity contribution is 5.80. The van der Waals surface area contributed by atoms with Crippen LogP contribution in [0.2, 0.25) is 0 Å². The summed E-state index contributed by atoms with van der Waals surface area (Å²) < 4.78 is 16.1. The Kier molecular flexibility index (Phi) is 14.8. The number of carbonyl (C=O) groups is 4. The normalized spacial score (nSPS) is 18.2. The fraction of sp³-hybridized carbons (Fsp3) is 0.852. The molecule has 0 bridgehead atoms. The summed E-state index contributed by atoms with van der Waals surface area (Å²) in [5, 5.41) is 15.7. The topological polar surface area (TPSA) is 150 Å². The fourth-order valence-electron chi connectivity index (χ4n) is 3.93. The molecule has 0 spiro atoms. The molecule has 1 heterocycles. The van der Waals surface area contributed by atoms with Crippen LogP contribution in [-0.2, 0) is 28.6 Å². The molecule has 0 unspecified atom stereocenters. The van der Waals surface area contributed by atoms with E-state index in [1.807, 2.05) is 35.5 Å². The smallest absolute Gasteiger partial charge is 0.408 e. The van der Waals surface area contributed by atoms with E-state index in [1.165, 1.54) is 0 Å².